The number of likely N-dealkylation sites (N-methyl/N-ethyl adjacent to an activating group) is 1. The Bertz CT molecular complexity index is 413. The summed E-state index contributed by atoms with van der Waals surface area (Å²) in [5, 5.41) is 18.2. The molecule has 0 spiro atoms. The fourth-order valence-electron chi connectivity index (χ4n) is 1.51. The summed E-state index contributed by atoms with van der Waals surface area (Å²) >= 11 is 0. The summed E-state index contributed by atoms with van der Waals surface area (Å²) in [5.74, 6) is -2.61. The first-order chi connectivity index (χ1) is 8.75. The minimum Gasteiger partial charge on any atom is -0.481 e. The summed E-state index contributed by atoms with van der Waals surface area (Å²) in [6, 6.07) is 0. The van der Waals surface area contributed by atoms with E-state index in [2.05, 4.69) is 0 Å². The standard InChI is InChI=1S/C12H17NO6/c1-5-7-19-11(18)13(4)12(6-2,10(16)17)8(3)9(14)15/h2,8H,5,7H2,1,3-4H3,(H,14,15)(H,16,17). The number of ether oxygens (including phenoxy) is 1. The van der Waals surface area contributed by atoms with E-state index in [1.807, 2.05) is 5.92 Å². The molecule has 0 aromatic heterocycles. The third kappa shape index (κ3) is 3.16. The summed E-state index contributed by atoms with van der Waals surface area (Å²) in [4.78, 5) is 34.7. The van der Waals surface area contributed by atoms with Crippen LogP contribution >= 0.6 is 0 Å². The Hall–Kier alpha value is -2.23. The summed E-state index contributed by atoms with van der Waals surface area (Å²) in [7, 11) is 1.10. The van der Waals surface area contributed by atoms with Gasteiger partial charge < -0.3 is 14.9 Å². The summed E-state index contributed by atoms with van der Waals surface area (Å²) < 4.78 is 4.78. The van der Waals surface area contributed by atoms with Gasteiger partial charge in [-0.05, 0) is 13.3 Å². The molecular formula is C12H17NO6. The number of nitrogens with zero attached hydrogens (tertiary/aromatic N) is 1. The normalized spacial score (nSPS) is 14.6. The summed E-state index contributed by atoms with van der Waals surface area (Å²) in [6.45, 7) is 2.98. The number of carboxylic acid groups (broad SMARTS) is 2. The van der Waals surface area contributed by atoms with E-state index in [4.69, 9.17) is 16.3 Å². The molecule has 1 amide bonds. The number of aliphatic carboxylic acids is 2. The molecule has 0 heterocycles. The molecule has 0 saturated heterocycles. The lowest BCUT2D eigenvalue weighted by atomic mass is 9.84. The molecule has 2 unspecified atom stereocenters. The van der Waals surface area contributed by atoms with Gasteiger partial charge in [-0.3, -0.25) is 9.69 Å². The molecule has 0 aromatic rings. The van der Waals surface area contributed by atoms with Crippen molar-refractivity contribution in [2.75, 3.05) is 13.7 Å². The van der Waals surface area contributed by atoms with Crippen molar-refractivity contribution < 1.29 is 29.3 Å². The Kier molecular flexibility index (Phi) is 5.86. The van der Waals surface area contributed by atoms with Crippen molar-refractivity contribution in [3.05, 3.63) is 0 Å². The highest BCUT2D eigenvalue weighted by Crippen LogP contribution is 2.25. The number of carbonyl (C=O) groups is 3. The molecule has 0 aromatic carbocycles. The average Bonchev–Trinajstić information content (AvgIpc) is 2.36. The van der Waals surface area contributed by atoms with E-state index >= 15 is 0 Å². The van der Waals surface area contributed by atoms with Crippen LogP contribution in [0.1, 0.15) is 20.3 Å². The van der Waals surface area contributed by atoms with Gasteiger partial charge >= 0.3 is 18.0 Å². The van der Waals surface area contributed by atoms with E-state index in [1.54, 1.807) is 6.92 Å². The van der Waals surface area contributed by atoms with E-state index < -0.39 is 29.5 Å². The molecule has 19 heavy (non-hydrogen) atoms. The van der Waals surface area contributed by atoms with Gasteiger partial charge in [-0.2, -0.15) is 0 Å². The molecule has 0 aliphatic heterocycles. The van der Waals surface area contributed by atoms with Gasteiger partial charge in [-0.15, -0.1) is 6.42 Å². The molecule has 0 bridgehead atoms. The van der Waals surface area contributed by atoms with Gasteiger partial charge in [-0.1, -0.05) is 12.8 Å². The number of amides is 1. The first-order valence-electron chi connectivity index (χ1n) is 5.60. The zero-order valence-electron chi connectivity index (χ0n) is 11.0. The fraction of sp³-hybridized carbons (Fsp3) is 0.583. The molecule has 0 aliphatic rings. The number of hydrogen-bond acceptors (Lipinski definition) is 4. The zero-order valence-corrected chi connectivity index (χ0v) is 11.0. The molecule has 2 N–H and O–H groups in total. The van der Waals surface area contributed by atoms with Crippen molar-refractivity contribution in [2.24, 2.45) is 5.92 Å². The van der Waals surface area contributed by atoms with Crippen molar-refractivity contribution in [3.63, 3.8) is 0 Å². The number of hydrogen-bond donors (Lipinski definition) is 2. The third-order valence-corrected chi connectivity index (χ3v) is 2.78. The second-order valence-electron chi connectivity index (χ2n) is 3.95. The Morgan fingerprint density at radius 2 is 1.95 bits per heavy atom. The largest absolute Gasteiger partial charge is 0.481 e. The van der Waals surface area contributed by atoms with Crippen LogP contribution in [0.2, 0.25) is 0 Å². The van der Waals surface area contributed by atoms with Crippen molar-refractivity contribution in [3.8, 4) is 12.3 Å². The van der Waals surface area contributed by atoms with Crippen LogP contribution in [0, 0.1) is 18.3 Å². The molecule has 7 nitrogen and oxygen atoms in total. The minimum atomic E-state index is -2.29. The smallest absolute Gasteiger partial charge is 0.411 e. The number of carbonyl (C=O) groups excluding carboxylic acids is 1. The lowest BCUT2D eigenvalue weighted by Gasteiger charge is -2.35. The van der Waals surface area contributed by atoms with Crippen molar-refractivity contribution >= 4 is 18.0 Å². The van der Waals surface area contributed by atoms with Gasteiger partial charge in [-0.25, -0.2) is 9.59 Å². The maximum absolute atomic E-state index is 11.7. The van der Waals surface area contributed by atoms with E-state index in [-0.39, 0.29) is 6.61 Å². The van der Waals surface area contributed by atoms with Crippen LogP contribution in [0.5, 0.6) is 0 Å². The SMILES string of the molecule is C#CC(C(=O)O)(C(C)C(=O)O)N(C)C(=O)OCCC. The lowest BCUT2D eigenvalue weighted by molar-refractivity contribution is -0.158. The predicted molar refractivity (Wildman–Crippen MR) is 65.4 cm³/mol. The van der Waals surface area contributed by atoms with Crippen LogP contribution in [-0.2, 0) is 14.3 Å². The number of carboxylic acids is 2. The van der Waals surface area contributed by atoms with Crippen LogP contribution in [0.25, 0.3) is 0 Å². The van der Waals surface area contributed by atoms with Crippen molar-refractivity contribution in [1.82, 2.24) is 4.90 Å². The third-order valence-electron chi connectivity index (χ3n) is 2.78. The second kappa shape index (κ2) is 6.64. The van der Waals surface area contributed by atoms with E-state index in [0.29, 0.717) is 11.3 Å². The molecule has 0 saturated carbocycles. The zero-order chi connectivity index (χ0) is 15.2. The first-order valence-corrected chi connectivity index (χ1v) is 5.60. The van der Waals surface area contributed by atoms with Gasteiger partial charge in [0.15, 0.2) is 0 Å². The van der Waals surface area contributed by atoms with Crippen LogP contribution in [0.4, 0.5) is 4.79 Å². The van der Waals surface area contributed by atoms with Gasteiger partial charge in [0, 0.05) is 7.05 Å². The van der Waals surface area contributed by atoms with Crippen LogP contribution in [-0.4, -0.2) is 52.3 Å². The molecule has 2 atom stereocenters. The molecule has 0 radical (unpaired) electrons. The highest BCUT2D eigenvalue weighted by Gasteiger charge is 2.52. The number of rotatable bonds is 6. The van der Waals surface area contributed by atoms with Gasteiger partial charge in [0.2, 0.25) is 5.54 Å². The van der Waals surface area contributed by atoms with Gasteiger partial charge in [0.1, 0.15) is 0 Å². The highest BCUT2D eigenvalue weighted by molar-refractivity contribution is 5.93. The number of terminal acetylenes is 1. The Morgan fingerprint density at radius 3 is 2.26 bits per heavy atom. The average molecular weight is 271 g/mol. The van der Waals surface area contributed by atoms with Crippen LogP contribution in [0.15, 0.2) is 0 Å². The van der Waals surface area contributed by atoms with Crippen molar-refractivity contribution in [1.29, 1.82) is 0 Å². The summed E-state index contributed by atoms with van der Waals surface area (Å²) in [6.07, 6.45) is 4.74. The molecule has 0 rings (SSSR count). The highest BCUT2D eigenvalue weighted by atomic mass is 16.6. The fourth-order valence-corrected chi connectivity index (χ4v) is 1.51. The topological polar surface area (TPSA) is 104 Å². The monoisotopic (exact) mass is 271 g/mol. The molecular weight excluding hydrogens is 254 g/mol. The molecule has 0 fully saturated rings. The van der Waals surface area contributed by atoms with Gasteiger partial charge in [0.25, 0.3) is 0 Å². The van der Waals surface area contributed by atoms with Crippen LogP contribution < -0.4 is 0 Å². The van der Waals surface area contributed by atoms with Crippen molar-refractivity contribution in [2.45, 2.75) is 25.8 Å². The molecule has 106 valence electrons. The summed E-state index contributed by atoms with van der Waals surface area (Å²) in [5.41, 5.74) is -2.29. The lowest BCUT2D eigenvalue weighted by Crippen LogP contribution is -2.60. The second-order valence-corrected chi connectivity index (χ2v) is 3.95. The van der Waals surface area contributed by atoms with Crippen LogP contribution in [0.3, 0.4) is 0 Å². The Labute approximate surface area is 111 Å². The maximum atomic E-state index is 11.7. The Morgan fingerprint density at radius 1 is 1.42 bits per heavy atom. The quantitative estimate of drug-likeness (QED) is 0.687. The van der Waals surface area contributed by atoms with Gasteiger partial charge in [0.05, 0.1) is 12.5 Å². The maximum Gasteiger partial charge on any atom is 0.411 e. The van der Waals surface area contributed by atoms with E-state index in [0.717, 1.165) is 14.0 Å². The molecule has 7 heteroatoms. The first kappa shape index (κ1) is 16.8. The predicted octanol–water partition coefficient (Wildman–Crippen LogP) is 0.642. The minimum absolute atomic E-state index is 0.0882. The Balaban J connectivity index is 5.50. The van der Waals surface area contributed by atoms with E-state index in [9.17, 15) is 19.5 Å². The molecule has 0 aliphatic carbocycles. The van der Waals surface area contributed by atoms with E-state index in [1.165, 1.54) is 0 Å².